The second-order valence-corrected chi connectivity index (χ2v) is 5.30. The van der Waals surface area contributed by atoms with Gasteiger partial charge in [0.1, 0.15) is 5.75 Å². The molecule has 1 amide bonds. The fraction of sp³-hybridized carbons (Fsp3) is 0.417. The van der Waals surface area contributed by atoms with Gasteiger partial charge < -0.3 is 16.2 Å². The Morgan fingerprint density at radius 2 is 2.18 bits per heavy atom. The van der Waals surface area contributed by atoms with Gasteiger partial charge in [0, 0.05) is 4.47 Å². The topological polar surface area (TPSA) is 75.4 Å². The van der Waals surface area contributed by atoms with E-state index in [4.69, 9.17) is 5.73 Å². The number of phenolic OH excluding ortho intramolecular Hbond substituents is 1. The lowest BCUT2D eigenvalue weighted by molar-refractivity contribution is -0.117. The molecular weight excluding hydrogens is 284 g/mol. The quantitative estimate of drug-likeness (QED) is 0.748. The average Bonchev–Trinajstić information content (AvgIpc) is 2.22. The molecule has 0 radical (unpaired) electrons. The van der Waals surface area contributed by atoms with Crippen molar-refractivity contribution in [3.63, 3.8) is 0 Å². The van der Waals surface area contributed by atoms with E-state index < -0.39 is 6.04 Å². The summed E-state index contributed by atoms with van der Waals surface area (Å²) in [6.07, 6.45) is 0.612. The van der Waals surface area contributed by atoms with Crippen molar-refractivity contribution in [2.75, 3.05) is 5.32 Å². The summed E-state index contributed by atoms with van der Waals surface area (Å²) in [4.78, 5) is 11.7. The third-order valence-corrected chi connectivity index (χ3v) is 2.77. The smallest absolute Gasteiger partial charge is 0.241 e. The first-order valence-corrected chi connectivity index (χ1v) is 6.24. The fourth-order valence-electron chi connectivity index (χ4n) is 1.45. The summed E-state index contributed by atoms with van der Waals surface area (Å²) in [5.41, 5.74) is 6.11. The van der Waals surface area contributed by atoms with Crippen LogP contribution in [0.1, 0.15) is 20.3 Å². The van der Waals surface area contributed by atoms with Crippen molar-refractivity contribution < 1.29 is 9.90 Å². The second kappa shape index (κ2) is 6.02. The predicted molar refractivity (Wildman–Crippen MR) is 71.9 cm³/mol. The molecule has 1 rings (SSSR count). The Morgan fingerprint density at radius 3 is 2.76 bits per heavy atom. The largest absolute Gasteiger partial charge is 0.506 e. The van der Waals surface area contributed by atoms with E-state index in [1.165, 1.54) is 6.07 Å². The van der Waals surface area contributed by atoms with Gasteiger partial charge in [0.25, 0.3) is 0 Å². The van der Waals surface area contributed by atoms with Crippen molar-refractivity contribution >= 4 is 27.5 Å². The molecule has 0 aliphatic carbocycles. The van der Waals surface area contributed by atoms with Gasteiger partial charge in [-0.15, -0.1) is 0 Å². The van der Waals surface area contributed by atoms with E-state index in [0.29, 0.717) is 18.0 Å². The molecule has 1 aromatic rings. The van der Waals surface area contributed by atoms with Crippen molar-refractivity contribution in [3.8, 4) is 5.75 Å². The highest BCUT2D eigenvalue weighted by molar-refractivity contribution is 9.10. The number of carbonyl (C=O) groups is 1. The summed E-state index contributed by atoms with van der Waals surface area (Å²) in [6, 6.07) is 4.27. The highest BCUT2D eigenvalue weighted by atomic mass is 79.9. The average molecular weight is 301 g/mol. The van der Waals surface area contributed by atoms with E-state index in [1.807, 2.05) is 13.8 Å². The van der Waals surface area contributed by atoms with E-state index in [0.717, 1.165) is 4.47 Å². The monoisotopic (exact) mass is 300 g/mol. The molecule has 0 unspecified atom stereocenters. The summed E-state index contributed by atoms with van der Waals surface area (Å²) in [5.74, 6) is 0.0947. The standard InChI is InChI=1S/C12H17BrN2O2/c1-7(2)5-9(14)12(17)15-10-6-8(13)3-4-11(10)16/h3-4,6-7,9,16H,5,14H2,1-2H3,(H,15,17)/t9-/m1/s1. The van der Waals surface area contributed by atoms with Crippen LogP contribution in [0, 0.1) is 5.92 Å². The number of anilines is 1. The maximum absolute atomic E-state index is 11.7. The Kier molecular flexibility index (Phi) is 4.96. The van der Waals surface area contributed by atoms with Crippen LogP contribution in [0.5, 0.6) is 5.75 Å². The van der Waals surface area contributed by atoms with E-state index in [9.17, 15) is 9.90 Å². The molecule has 0 fully saturated rings. The van der Waals surface area contributed by atoms with Gasteiger partial charge >= 0.3 is 0 Å². The zero-order valence-electron chi connectivity index (χ0n) is 9.90. The summed E-state index contributed by atoms with van der Waals surface area (Å²) >= 11 is 3.27. The zero-order valence-corrected chi connectivity index (χ0v) is 11.5. The number of hydrogen-bond donors (Lipinski definition) is 3. The Labute approximate surface area is 109 Å². The van der Waals surface area contributed by atoms with Crippen LogP contribution in [0.15, 0.2) is 22.7 Å². The van der Waals surface area contributed by atoms with Gasteiger partial charge in [-0.05, 0) is 30.5 Å². The number of nitrogens with one attached hydrogen (secondary N) is 1. The number of halogens is 1. The lowest BCUT2D eigenvalue weighted by atomic mass is 10.0. The molecule has 1 aromatic carbocycles. The van der Waals surface area contributed by atoms with Gasteiger partial charge in [-0.3, -0.25) is 4.79 Å². The maximum Gasteiger partial charge on any atom is 0.241 e. The molecule has 0 aliphatic rings. The molecule has 94 valence electrons. The number of amides is 1. The number of hydrogen-bond acceptors (Lipinski definition) is 3. The maximum atomic E-state index is 11.7. The molecule has 1 atom stereocenters. The minimum atomic E-state index is -0.562. The Hall–Kier alpha value is -1.07. The molecule has 0 bridgehead atoms. The number of aromatic hydroxyl groups is 1. The predicted octanol–water partition coefficient (Wildman–Crippen LogP) is 2.47. The molecule has 17 heavy (non-hydrogen) atoms. The van der Waals surface area contributed by atoms with Crippen molar-refractivity contribution in [2.45, 2.75) is 26.3 Å². The highest BCUT2D eigenvalue weighted by Crippen LogP contribution is 2.26. The van der Waals surface area contributed by atoms with Crippen LogP contribution in [0.2, 0.25) is 0 Å². The van der Waals surface area contributed by atoms with Gasteiger partial charge in [-0.25, -0.2) is 0 Å². The molecule has 0 heterocycles. The lowest BCUT2D eigenvalue weighted by Crippen LogP contribution is -2.36. The molecule has 4 N–H and O–H groups in total. The van der Waals surface area contributed by atoms with Gasteiger partial charge in [0.05, 0.1) is 11.7 Å². The van der Waals surface area contributed by atoms with Crippen molar-refractivity contribution in [3.05, 3.63) is 22.7 Å². The molecular formula is C12H17BrN2O2. The number of carbonyl (C=O) groups excluding carboxylic acids is 1. The van der Waals surface area contributed by atoms with E-state index in [2.05, 4.69) is 21.2 Å². The van der Waals surface area contributed by atoms with Crippen LogP contribution in [-0.2, 0) is 4.79 Å². The third-order valence-electron chi connectivity index (χ3n) is 2.28. The molecule has 0 aromatic heterocycles. The van der Waals surface area contributed by atoms with E-state index in [1.54, 1.807) is 12.1 Å². The van der Waals surface area contributed by atoms with Crippen molar-refractivity contribution in [1.29, 1.82) is 0 Å². The molecule has 0 aliphatic heterocycles. The number of benzene rings is 1. The number of nitrogens with two attached hydrogens (primary N) is 1. The summed E-state index contributed by atoms with van der Waals surface area (Å²) in [7, 11) is 0. The normalized spacial score (nSPS) is 12.5. The van der Waals surface area contributed by atoms with Crippen LogP contribution in [0.25, 0.3) is 0 Å². The third kappa shape index (κ3) is 4.36. The zero-order chi connectivity index (χ0) is 13.0. The van der Waals surface area contributed by atoms with Crippen molar-refractivity contribution in [1.82, 2.24) is 0 Å². The summed E-state index contributed by atoms with van der Waals surface area (Å²) in [6.45, 7) is 4.01. The Bertz CT molecular complexity index is 407. The number of rotatable bonds is 4. The first kappa shape index (κ1) is 14.0. The van der Waals surface area contributed by atoms with Crippen LogP contribution in [-0.4, -0.2) is 17.1 Å². The van der Waals surface area contributed by atoms with Gasteiger partial charge in [0.15, 0.2) is 0 Å². The minimum absolute atomic E-state index is 0.0262. The SMILES string of the molecule is CC(C)C[C@@H](N)C(=O)Nc1cc(Br)ccc1O. The molecule has 0 saturated heterocycles. The minimum Gasteiger partial charge on any atom is -0.506 e. The Morgan fingerprint density at radius 1 is 1.53 bits per heavy atom. The first-order valence-electron chi connectivity index (χ1n) is 5.45. The molecule has 0 saturated carbocycles. The molecule has 0 spiro atoms. The molecule has 4 nitrogen and oxygen atoms in total. The second-order valence-electron chi connectivity index (χ2n) is 4.39. The van der Waals surface area contributed by atoms with Crippen LogP contribution in [0.3, 0.4) is 0 Å². The van der Waals surface area contributed by atoms with Crippen LogP contribution < -0.4 is 11.1 Å². The lowest BCUT2D eigenvalue weighted by Gasteiger charge is -2.14. The fourth-order valence-corrected chi connectivity index (χ4v) is 1.81. The highest BCUT2D eigenvalue weighted by Gasteiger charge is 2.16. The Balaban J connectivity index is 2.70. The van der Waals surface area contributed by atoms with Crippen molar-refractivity contribution in [2.24, 2.45) is 11.7 Å². The number of phenols is 1. The first-order chi connectivity index (χ1) is 7.90. The van der Waals surface area contributed by atoms with E-state index >= 15 is 0 Å². The van der Waals surface area contributed by atoms with Crippen LogP contribution >= 0.6 is 15.9 Å². The van der Waals surface area contributed by atoms with Gasteiger partial charge in [0.2, 0.25) is 5.91 Å². The summed E-state index contributed by atoms with van der Waals surface area (Å²) in [5, 5.41) is 12.2. The van der Waals surface area contributed by atoms with Gasteiger partial charge in [-0.1, -0.05) is 29.8 Å². The van der Waals surface area contributed by atoms with E-state index in [-0.39, 0.29) is 11.7 Å². The molecule has 5 heteroatoms. The van der Waals surface area contributed by atoms with Gasteiger partial charge in [-0.2, -0.15) is 0 Å². The summed E-state index contributed by atoms with van der Waals surface area (Å²) < 4.78 is 0.781. The van der Waals surface area contributed by atoms with Crippen LogP contribution in [0.4, 0.5) is 5.69 Å².